The van der Waals surface area contributed by atoms with Crippen LogP contribution < -0.4 is 0 Å². The average Bonchev–Trinajstić information content (AvgIpc) is 3.03. The number of carbonyl (C=O) groups is 2. The van der Waals surface area contributed by atoms with Crippen molar-refractivity contribution in [3.05, 3.63) is 24.3 Å². The van der Waals surface area contributed by atoms with Crippen LogP contribution in [0.3, 0.4) is 0 Å². The van der Waals surface area contributed by atoms with E-state index in [4.69, 9.17) is 14.6 Å². The molecule has 0 amide bonds. The van der Waals surface area contributed by atoms with Gasteiger partial charge < -0.3 is 14.6 Å². The fourth-order valence-corrected chi connectivity index (χ4v) is 5.02. The summed E-state index contributed by atoms with van der Waals surface area (Å²) in [5, 5.41) is 9.16. The molecule has 1 aliphatic carbocycles. The summed E-state index contributed by atoms with van der Waals surface area (Å²) >= 11 is 0. The van der Waals surface area contributed by atoms with Gasteiger partial charge in [-0.15, -0.1) is 0 Å². The Morgan fingerprint density at radius 1 is 0.853 bits per heavy atom. The quantitative estimate of drug-likeness (QED) is 0.105. The van der Waals surface area contributed by atoms with Crippen LogP contribution in [0.25, 0.3) is 0 Å². The minimum Gasteiger partial charge on any atom is -0.462 e. The van der Waals surface area contributed by atoms with Gasteiger partial charge in [0.15, 0.2) is 0 Å². The van der Waals surface area contributed by atoms with Gasteiger partial charge in [-0.2, -0.15) is 0 Å². The molecule has 4 atom stereocenters. The zero-order valence-corrected chi connectivity index (χ0v) is 22.0. The van der Waals surface area contributed by atoms with E-state index in [1.807, 2.05) is 12.2 Å². The Hall–Kier alpha value is -1.62. The van der Waals surface area contributed by atoms with E-state index in [1.165, 1.54) is 58.8 Å². The highest BCUT2D eigenvalue weighted by Gasteiger charge is 2.31. The monoisotopic (exact) mass is 478 g/mol. The molecule has 0 heterocycles. The highest BCUT2D eigenvalue weighted by atomic mass is 16.5. The van der Waals surface area contributed by atoms with Gasteiger partial charge >= 0.3 is 11.9 Å². The molecule has 4 unspecified atom stereocenters. The number of ether oxygens (including phenoxy) is 2. The Balaban J connectivity index is 2.73. The van der Waals surface area contributed by atoms with Crippen LogP contribution in [0.4, 0.5) is 0 Å². The van der Waals surface area contributed by atoms with Crippen molar-refractivity contribution in [1.82, 2.24) is 0 Å². The van der Waals surface area contributed by atoms with Gasteiger partial charge in [0.2, 0.25) is 0 Å². The van der Waals surface area contributed by atoms with E-state index >= 15 is 0 Å². The largest absolute Gasteiger partial charge is 0.462 e. The molecule has 5 nitrogen and oxygen atoms in total. The van der Waals surface area contributed by atoms with Gasteiger partial charge in [-0.1, -0.05) is 76.5 Å². The third-order valence-corrected chi connectivity index (χ3v) is 6.77. The van der Waals surface area contributed by atoms with Crippen LogP contribution in [0.5, 0.6) is 0 Å². The molecule has 5 heteroatoms. The minimum absolute atomic E-state index is 0.0951. The van der Waals surface area contributed by atoms with E-state index in [9.17, 15) is 9.59 Å². The summed E-state index contributed by atoms with van der Waals surface area (Å²) in [7, 11) is 0. The van der Waals surface area contributed by atoms with Crippen LogP contribution in [0.15, 0.2) is 24.3 Å². The van der Waals surface area contributed by atoms with Crippen LogP contribution in [0.1, 0.15) is 117 Å². The topological polar surface area (TPSA) is 72.8 Å². The maximum absolute atomic E-state index is 11.8. The predicted octanol–water partition coefficient (Wildman–Crippen LogP) is 7.07. The van der Waals surface area contributed by atoms with Crippen molar-refractivity contribution in [3.8, 4) is 0 Å². The maximum atomic E-state index is 11.8. The minimum atomic E-state index is -0.236. The number of esters is 2. The highest BCUT2D eigenvalue weighted by molar-refractivity contribution is 5.66. The number of unbranched alkanes of at least 4 members (excludes halogenated alkanes) is 6. The Morgan fingerprint density at radius 2 is 1.53 bits per heavy atom. The summed E-state index contributed by atoms with van der Waals surface area (Å²) in [6, 6.07) is 0. The molecule has 0 aromatic rings. The van der Waals surface area contributed by atoms with E-state index in [0.717, 1.165) is 51.4 Å². The van der Waals surface area contributed by atoms with Gasteiger partial charge in [0.05, 0.1) is 0 Å². The second kappa shape index (κ2) is 19.7. The molecule has 34 heavy (non-hydrogen) atoms. The predicted molar refractivity (Wildman–Crippen MR) is 138 cm³/mol. The average molecular weight is 479 g/mol. The van der Waals surface area contributed by atoms with E-state index in [2.05, 4.69) is 19.1 Å². The van der Waals surface area contributed by atoms with Gasteiger partial charge in [-0.25, -0.2) is 0 Å². The fraction of sp³-hybridized carbons (Fsp3) is 0.793. The summed E-state index contributed by atoms with van der Waals surface area (Å²) in [4.78, 5) is 23.3. The van der Waals surface area contributed by atoms with Gasteiger partial charge in [0.1, 0.15) is 12.2 Å². The molecule has 1 fully saturated rings. The van der Waals surface area contributed by atoms with E-state index in [0.29, 0.717) is 11.8 Å². The van der Waals surface area contributed by atoms with Gasteiger partial charge in [-0.3, -0.25) is 9.59 Å². The van der Waals surface area contributed by atoms with Gasteiger partial charge in [0, 0.05) is 26.4 Å². The van der Waals surface area contributed by atoms with Gasteiger partial charge in [-0.05, 0) is 56.9 Å². The number of aliphatic hydroxyl groups is 1. The Kier molecular flexibility index (Phi) is 17.6. The highest BCUT2D eigenvalue weighted by Crippen LogP contribution is 2.35. The molecular formula is C29H50O5. The second-order valence-corrected chi connectivity index (χ2v) is 9.81. The lowest BCUT2D eigenvalue weighted by atomic mass is 9.81. The molecule has 0 bridgehead atoms. The van der Waals surface area contributed by atoms with E-state index in [1.54, 1.807) is 0 Å². The first-order chi connectivity index (χ1) is 16.5. The molecule has 0 aliphatic heterocycles. The van der Waals surface area contributed by atoms with Crippen LogP contribution in [-0.4, -0.2) is 35.9 Å². The van der Waals surface area contributed by atoms with Crippen LogP contribution in [0.2, 0.25) is 0 Å². The van der Waals surface area contributed by atoms with Crippen molar-refractivity contribution in [2.24, 2.45) is 11.8 Å². The van der Waals surface area contributed by atoms with Crippen molar-refractivity contribution >= 4 is 11.9 Å². The van der Waals surface area contributed by atoms with Crippen molar-refractivity contribution in [3.63, 3.8) is 0 Å². The number of rotatable bonds is 17. The molecule has 0 saturated heterocycles. The van der Waals surface area contributed by atoms with Crippen LogP contribution in [0, 0.1) is 11.8 Å². The lowest BCUT2D eigenvalue weighted by Crippen LogP contribution is -2.31. The lowest BCUT2D eigenvalue weighted by molar-refractivity contribution is -0.150. The van der Waals surface area contributed by atoms with Crippen molar-refractivity contribution < 1.29 is 24.2 Å². The molecule has 196 valence electrons. The fourth-order valence-electron chi connectivity index (χ4n) is 5.02. The number of hydrogen-bond acceptors (Lipinski definition) is 5. The number of carbonyl (C=O) groups excluding carboxylic acids is 2. The zero-order valence-electron chi connectivity index (χ0n) is 22.0. The van der Waals surface area contributed by atoms with E-state index in [-0.39, 0.29) is 30.8 Å². The van der Waals surface area contributed by atoms with Crippen LogP contribution in [-0.2, 0) is 19.1 Å². The molecular weight excluding hydrogens is 428 g/mol. The van der Waals surface area contributed by atoms with Crippen molar-refractivity contribution in [2.75, 3.05) is 6.61 Å². The maximum Gasteiger partial charge on any atom is 0.303 e. The van der Waals surface area contributed by atoms with Crippen molar-refractivity contribution in [2.45, 2.75) is 129 Å². The molecule has 0 aromatic heterocycles. The number of aliphatic hydroxyl groups excluding tert-OH is 1. The summed E-state index contributed by atoms with van der Waals surface area (Å²) < 4.78 is 11.3. The summed E-state index contributed by atoms with van der Waals surface area (Å²) in [6.07, 6.45) is 24.4. The summed E-state index contributed by atoms with van der Waals surface area (Å²) in [5.74, 6) is 0.207. The van der Waals surface area contributed by atoms with Gasteiger partial charge in [0.25, 0.3) is 0 Å². The first kappa shape index (κ1) is 30.4. The Labute approximate surface area is 208 Å². The molecule has 1 aliphatic rings. The van der Waals surface area contributed by atoms with E-state index < -0.39 is 0 Å². The molecule has 1 saturated carbocycles. The Morgan fingerprint density at radius 3 is 2.24 bits per heavy atom. The first-order valence-corrected chi connectivity index (χ1v) is 13.8. The third kappa shape index (κ3) is 14.6. The molecule has 1 rings (SSSR count). The lowest BCUT2D eigenvalue weighted by Gasteiger charge is -2.30. The third-order valence-electron chi connectivity index (χ3n) is 6.77. The first-order valence-electron chi connectivity index (χ1n) is 13.8. The normalized spacial score (nSPS) is 20.8. The molecule has 0 spiro atoms. The molecule has 0 radical (unpaired) electrons. The SMILES string of the molecule is CCCCCCCCC(/C=C/C=C/C1CCCCCC1C(CCCCO)OC(C)=O)OC(C)=O. The summed E-state index contributed by atoms with van der Waals surface area (Å²) in [5.41, 5.74) is 0. The van der Waals surface area contributed by atoms with Crippen LogP contribution >= 0.6 is 0 Å². The standard InChI is InChI=1S/C29H50O5/c1-4-5-6-7-8-11-19-27(33-24(2)31)20-14-13-18-26-17-10-9-12-21-28(26)29(34-25(3)32)22-15-16-23-30/h13-14,18,20,26-30H,4-12,15-17,19,21-23H2,1-3H3/b18-13+,20-14+. The Bertz CT molecular complexity index is 597. The number of hydrogen-bond donors (Lipinski definition) is 1. The molecule has 0 aromatic carbocycles. The smallest absolute Gasteiger partial charge is 0.303 e. The molecule has 1 N–H and O–H groups in total. The summed E-state index contributed by atoms with van der Waals surface area (Å²) in [6.45, 7) is 5.36. The van der Waals surface area contributed by atoms with Crippen molar-refractivity contribution in [1.29, 1.82) is 0 Å². The number of allylic oxidation sites excluding steroid dienone is 3. The second-order valence-electron chi connectivity index (χ2n) is 9.81. The zero-order chi connectivity index (χ0) is 25.0.